The Kier molecular flexibility index (Phi) is 9.43. The number of carbonyl (C=O) groups excluding carboxylic acids is 2. The van der Waals surface area contributed by atoms with Gasteiger partial charge in [0.1, 0.15) is 19.3 Å². The molecule has 0 amide bonds. The fourth-order valence-corrected chi connectivity index (χ4v) is 3.92. The van der Waals surface area contributed by atoms with Gasteiger partial charge in [-0.3, -0.25) is 9.59 Å². The molecule has 1 aliphatic rings. The van der Waals surface area contributed by atoms with Crippen LogP contribution in [0, 0.1) is 0 Å². The van der Waals surface area contributed by atoms with Gasteiger partial charge in [-0.2, -0.15) is 0 Å². The number of ketones is 2. The molecule has 39 heavy (non-hydrogen) atoms. The number of hydrogen-bond acceptors (Lipinski definition) is 11. The molecule has 12 nitrogen and oxygen atoms in total. The molecule has 1 fully saturated rings. The molecule has 1 aliphatic carbocycles. The third kappa shape index (κ3) is 7.88. The minimum absolute atomic E-state index is 0.325. The van der Waals surface area contributed by atoms with E-state index in [0.717, 1.165) is 12.2 Å². The topological polar surface area (TPSA) is 211 Å². The van der Waals surface area contributed by atoms with Crippen LogP contribution in [-0.4, -0.2) is 90.4 Å². The van der Waals surface area contributed by atoms with Crippen molar-refractivity contribution in [1.29, 1.82) is 0 Å². The van der Waals surface area contributed by atoms with Crippen LogP contribution in [0.25, 0.3) is 12.2 Å². The first kappa shape index (κ1) is 29.3. The smallest absolute Gasteiger partial charge is 0.335 e. The molecule has 0 spiro atoms. The average molecular weight is 545 g/mol. The normalized spacial score (nSPS) is 23.3. The van der Waals surface area contributed by atoms with E-state index in [-0.39, 0.29) is 23.0 Å². The lowest BCUT2D eigenvalue weighted by Gasteiger charge is -2.41. The third-order valence-corrected chi connectivity index (χ3v) is 6.01. The van der Waals surface area contributed by atoms with Crippen LogP contribution in [0.15, 0.2) is 48.6 Å². The fourth-order valence-electron chi connectivity index (χ4n) is 3.92. The number of aliphatic hydroxyl groups is 2. The summed E-state index contributed by atoms with van der Waals surface area (Å²) in [5.74, 6) is -4.13. The maximum absolute atomic E-state index is 12.3. The first-order valence-electron chi connectivity index (χ1n) is 11.7. The van der Waals surface area contributed by atoms with Gasteiger partial charge in [-0.25, -0.2) is 4.79 Å². The molecule has 2 aromatic rings. The van der Waals surface area contributed by atoms with Crippen molar-refractivity contribution >= 4 is 29.7 Å². The Hall–Kier alpha value is -4.23. The molecule has 12 heteroatoms. The molecule has 2 aromatic carbocycles. The summed E-state index contributed by atoms with van der Waals surface area (Å²) < 4.78 is 11.0. The Labute approximate surface area is 222 Å². The van der Waals surface area contributed by atoms with Crippen LogP contribution in [-0.2, 0) is 23.9 Å². The van der Waals surface area contributed by atoms with Crippen molar-refractivity contribution in [2.45, 2.75) is 36.8 Å². The van der Waals surface area contributed by atoms with Gasteiger partial charge in [0, 0.05) is 12.8 Å². The lowest BCUT2D eigenvalue weighted by molar-refractivity contribution is -0.202. The van der Waals surface area contributed by atoms with Crippen molar-refractivity contribution in [3.63, 3.8) is 0 Å². The van der Waals surface area contributed by atoms with Crippen LogP contribution in [0.5, 0.6) is 23.0 Å². The molecule has 0 heterocycles. The van der Waals surface area contributed by atoms with E-state index in [0.29, 0.717) is 11.1 Å². The molecule has 7 N–H and O–H groups in total. The lowest BCUT2D eigenvalue weighted by atomic mass is 9.79. The minimum atomic E-state index is -2.35. The molecule has 0 saturated heterocycles. The number of hydrogen-bond donors (Lipinski definition) is 7. The predicted molar refractivity (Wildman–Crippen MR) is 135 cm³/mol. The van der Waals surface area contributed by atoms with Gasteiger partial charge in [-0.1, -0.05) is 24.3 Å². The number of rotatable bonds is 11. The standard InChI is InChI=1S/C27H28O12/c28-17(5-1-15-3-7-19(30)21(32)9-15)13-38-24-12-27(37,26(35)36)11-23(34)25(24)39-14-18(29)6-2-16-4-8-20(31)22(33)10-16/h1-10,23-25,30-34,37H,11-14H2,(H,35,36). The molecule has 1 saturated carbocycles. The summed E-state index contributed by atoms with van der Waals surface area (Å²) in [5.41, 5.74) is -1.53. The number of carboxylic acid groups (broad SMARTS) is 1. The van der Waals surface area contributed by atoms with Gasteiger partial charge in [0.25, 0.3) is 0 Å². The van der Waals surface area contributed by atoms with E-state index in [1.54, 1.807) is 0 Å². The Balaban J connectivity index is 1.64. The molecule has 0 radical (unpaired) electrons. The highest BCUT2D eigenvalue weighted by Crippen LogP contribution is 2.33. The van der Waals surface area contributed by atoms with Crippen LogP contribution in [0.1, 0.15) is 24.0 Å². The van der Waals surface area contributed by atoms with Gasteiger partial charge in [0.05, 0.1) is 12.2 Å². The molecule has 4 atom stereocenters. The van der Waals surface area contributed by atoms with Gasteiger partial charge in [-0.05, 0) is 47.5 Å². The highest BCUT2D eigenvalue weighted by molar-refractivity contribution is 5.95. The molecule has 4 unspecified atom stereocenters. The molecule has 0 aromatic heterocycles. The van der Waals surface area contributed by atoms with E-state index in [1.165, 1.54) is 48.6 Å². The van der Waals surface area contributed by atoms with Gasteiger partial charge in [-0.15, -0.1) is 0 Å². The quantitative estimate of drug-likeness (QED) is 0.157. The molecule has 3 rings (SSSR count). The largest absolute Gasteiger partial charge is 0.504 e. The Morgan fingerprint density at radius 3 is 1.74 bits per heavy atom. The van der Waals surface area contributed by atoms with Gasteiger partial charge in [0.15, 0.2) is 40.2 Å². The minimum Gasteiger partial charge on any atom is -0.504 e. The zero-order chi connectivity index (χ0) is 28.7. The maximum atomic E-state index is 12.3. The highest BCUT2D eigenvalue weighted by atomic mass is 16.6. The monoisotopic (exact) mass is 544 g/mol. The number of carbonyl (C=O) groups is 3. The second-order valence-electron chi connectivity index (χ2n) is 9.03. The Bertz CT molecular complexity index is 1280. The van der Waals surface area contributed by atoms with Crippen LogP contribution in [0.4, 0.5) is 0 Å². The zero-order valence-electron chi connectivity index (χ0n) is 20.5. The molecule has 0 bridgehead atoms. The van der Waals surface area contributed by atoms with Crippen molar-refractivity contribution in [2.24, 2.45) is 0 Å². The SMILES string of the molecule is O=C(C=Cc1ccc(O)c(O)c1)COC1CC(O)(C(=O)O)CC(O)C1OCC(=O)C=Cc1ccc(O)c(O)c1. The van der Waals surface area contributed by atoms with E-state index >= 15 is 0 Å². The van der Waals surface area contributed by atoms with Crippen molar-refractivity contribution in [3.8, 4) is 23.0 Å². The second-order valence-corrected chi connectivity index (χ2v) is 9.03. The van der Waals surface area contributed by atoms with Crippen molar-refractivity contribution < 1.29 is 59.6 Å². The van der Waals surface area contributed by atoms with Crippen molar-refractivity contribution in [3.05, 3.63) is 59.7 Å². The number of aliphatic hydroxyl groups excluding tert-OH is 1. The van der Waals surface area contributed by atoms with Crippen LogP contribution >= 0.6 is 0 Å². The number of aliphatic carboxylic acids is 1. The molecular formula is C27H28O12. The van der Waals surface area contributed by atoms with E-state index in [9.17, 15) is 50.1 Å². The molecule has 0 aliphatic heterocycles. The number of phenols is 4. The van der Waals surface area contributed by atoms with E-state index in [2.05, 4.69) is 0 Å². The van der Waals surface area contributed by atoms with Gasteiger partial charge >= 0.3 is 5.97 Å². The second kappa shape index (κ2) is 12.5. The van der Waals surface area contributed by atoms with Gasteiger partial charge < -0.3 is 45.2 Å². The first-order chi connectivity index (χ1) is 18.4. The summed E-state index contributed by atoms with van der Waals surface area (Å²) in [6.07, 6.45) is -0.202. The van der Waals surface area contributed by atoms with E-state index in [4.69, 9.17) is 9.47 Å². The molecular weight excluding hydrogens is 516 g/mol. The zero-order valence-corrected chi connectivity index (χ0v) is 20.5. The van der Waals surface area contributed by atoms with Crippen molar-refractivity contribution in [2.75, 3.05) is 13.2 Å². The third-order valence-electron chi connectivity index (χ3n) is 6.01. The van der Waals surface area contributed by atoms with Crippen LogP contribution < -0.4 is 0 Å². The Morgan fingerprint density at radius 1 is 0.795 bits per heavy atom. The fraction of sp³-hybridized carbons (Fsp3) is 0.296. The van der Waals surface area contributed by atoms with Crippen LogP contribution in [0.3, 0.4) is 0 Å². The number of carboxylic acids is 1. The van der Waals surface area contributed by atoms with Crippen molar-refractivity contribution in [1.82, 2.24) is 0 Å². The average Bonchev–Trinajstić information content (AvgIpc) is 2.88. The Morgan fingerprint density at radius 2 is 1.28 bits per heavy atom. The summed E-state index contributed by atoms with van der Waals surface area (Å²) >= 11 is 0. The number of benzene rings is 2. The van der Waals surface area contributed by atoms with E-state index in [1.807, 2.05) is 0 Å². The van der Waals surface area contributed by atoms with Crippen LogP contribution in [0.2, 0.25) is 0 Å². The van der Waals surface area contributed by atoms with Gasteiger partial charge in [0.2, 0.25) is 0 Å². The summed E-state index contributed by atoms with van der Waals surface area (Å²) in [6.45, 7) is -1.13. The summed E-state index contributed by atoms with van der Waals surface area (Å²) in [4.78, 5) is 36.2. The molecule has 208 valence electrons. The highest BCUT2D eigenvalue weighted by Gasteiger charge is 2.50. The van der Waals surface area contributed by atoms with E-state index < -0.39 is 67.5 Å². The lowest BCUT2D eigenvalue weighted by Crippen LogP contribution is -2.58. The number of phenolic OH excluding ortho intramolecular Hbond substituents is 4. The summed E-state index contributed by atoms with van der Waals surface area (Å²) in [6, 6.07) is 7.84. The predicted octanol–water partition coefficient (Wildman–Crippen LogP) is 1.11. The first-order valence-corrected chi connectivity index (χ1v) is 11.7. The number of ether oxygens (including phenoxy) is 2. The number of aromatic hydroxyl groups is 4. The summed E-state index contributed by atoms with van der Waals surface area (Å²) in [7, 11) is 0. The summed E-state index contributed by atoms with van der Waals surface area (Å²) in [5, 5.41) is 68.2. The maximum Gasteiger partial charge on any atom is 0.335 e.